The number of amides is 1. The number of thiazole rings is 1. The molecule has 29 heavy (non-hydrogen) atoms. The SMILES string of the molecule is COC1CCN(C(=O)c2nc(NC(C)c3cccc(F)c3)nc3nc(C)sc23)C1. The summed E-state index contributed by atoms with van der Waals surface area (Å²) < 4.78 is 19.6. The number of ether oxygens (including phenoxy) is 1. The number of carbonyl (C=O) groups is 1. The number of rotatable bonds is 5. The van der Waals surface area contributed by atoms with Gasteiger partial charge in [-0.25, -0.2) is 14.4 Å². The minimum atomic E-state index is -0.305. The number of nitrogens with one attached hydrogen (secondary N) is 1. The molecule has 1 fully saturated rings. The molecule has 2 unspecified atom stereocenters. The van der Waals surface area contributed by atoms with E-state index in [4.69, 9.17) is 4.74 Å². The molecule has 0 spiro atoms. The van der Waals surface area contributed by atoms with Crippen molar-refractivity contribution in [1.82, 2.24) is 19.9 Å². The summed E-state index contributed by atoms with van der Waals surface area (Å²) in [6.07, 6.45) is 0.852. The van der Waals surface area contributed by atoms with Gasteiger partial charge in [-0.05, 0) is 38.0 Å². The Labute approximate surface area is 171 Å². The van der Waals surface area contributed by atoms with E-state index in [1.165, 1.54) is 23.5 Å². The van der Waals surface area contributed by atoms with E-state index >= 15 is 0 Å². The summed E-state index contributed by atoms with van der Waals surface area (Å²) in [5, 5.41) is 3.99. The maximum Gasteiger partial charge on any atom is 0.274 e. The van der Waals surface area contributed by atoms with Crippen LogP contribution in [0, 0.1) is 12.7 Å². The van der Waals surface area contributed by atoms with Gasteiger partial charge in [-0.1, -0.05) is 12.1 Å². The average molecular weight is 415 g/mol. The van der Waals surface area contributed by atoms with Gasteiger partial charge in [0.1, 0.15) is 10.5 Å². The molecule has 3 aromatic rings. The van der Waals surface area contributed by atoms with Crippen molar-refractivity contribution in [2.45, 2.75) is 32.4 Å². The van der Waals surface area contributed by atoms with Crippen LogP contribution in [0.5, 0.6) is 0 Å². The zero-order valence-electron chi connectivity index (χ0n) is 16.5. The molecule has 1 saturated heterocycles. The largest absolute Gasteiger partial charge is 0.380 e. The first-order valence-corrected chi connectivity index (χ1v) is 10.3. The Kier molecular flexibility index (Phi) is 5.42. The van der Waals surface area contributed by atoms with E-state index in [2.05, 4.69) is 20.3 Å². The number of hydrogen-bond donors (Lipinski definition) is 1. The Morgan fingerprint density at radius 1 is 1.38 bits per heavy atom. The van der Waals surface area contributed by atoms with Crippen LogP contribution in [-0.4, -0.2) is 52.1 Å². The molecule has 2 aromatic heterocycles. The average Bonchev–Trinajstić information content (AvgIpc) is 3.32. The number of carbonyl (C=O) groups excluding carboxylic acids is 1. The molecule has 0 aliphatic carbocycles. The number of benzene rings is 1. The third-order valence-electron chi connectivity index (χ3n) is 5.02. The molecule has 1 N–H and O–H groups in total. The topological polar surface area (TPSA) is 80.2 Å². The van der Waals surface area contributed by atoms with Gasteiger partial charge >= 0.3 is 0 Å². The highest BCUT2D eigenvalue weighted by Gasteiger charge is 2.30. The van der Waals surface area contributed by atoms with E-state index in [9.17, 15) is 9.18 Å². The molecule has 1 aliphatic rings. The van der Waals surface area contributed by atoms with Crippen molar-refractivity contribution < 1.29 is 13.9 Å². The monoisotopic (exact) mass is 415 g/mol. The van der Waals surface area contributed by atoms with E-state index in [1.807, 2.05) is 19.9 Å². The van der Waals surface area contributed by atoms with E-state index in [0.717, 1.165) is 17.0 Å². The molecule has 1 aliphatic heterocycles. The van der Waals surface area contributed by atoms with Crippen LogP contribution in [0.2, 0.25) is 0 Å². The lowest BCUT2D eigenvalue weighted by molar-refractivity contribution is 0.0721. The normalized spacial score (nSPS) is 17.7. The number of likely N-dealkylation sites (tertiary alicyclic amines) is 1. The van der Waals surface area contributed by atoms with Gasteiger partial charge in [-0.3, -0.25) is 4.79 Å². The first-order chi connectivity index (χ1) is 13.9. The second kappa shape index (κ2) is 8.00. The van der Waals surface area contributed by atoms with Gasteiger partial charge in [0.25, 0.3) is 5.91 Å². The standard InChI is InChI=1S/C20H22FN5O2S/c1-11(13-5-4-6-14(21)9-13)22-20-24-16(17-18(25-20)23-12(2)29-17)19(27)26-8-7-15(10-26)28-3/h4-6,9,11,15H,7-8,10H2,1-3H3,(H,22,24,25). The number of hydrogen-bond acceptors (Lipinski definition) is 7. The van der Waals surface area contributed by atoms with Crippen molar-refractivity contribution in [3.8, 4) is 0 Å². The quantitative estimate of drug-likeness (QED) is 0.686. The van der Waals surface area contributed by atoms with Crippen molar-refractivity contribution in [1.29, 1.82) is 0 Å². The van der Waals surface area contributed by atoms with Crippen molar-refractivity contribution in [3.63, 3.8) is 0 Å². The fraction of sp³-hybridized carbons (Fsp3) is 0.400. The molecular weight excluding hydrogens is 393 g/mol. The molecule has 1 aromatic carbocycles. The zero-order chi connectivity index (χ0) is 20.5. The minimum absolute atomic E-state index is 0.0464. The molecule has 9 heteroatoms. The summed E-state index contributed by atoms with van der Waals surface area (Å²) in [4.78, 5) is 28.4. The Morgan fingerprint density at radius 3 is 2.93 bits per heavy atom. The van der Waals surface area contributed by atoms with Gasteiger partial charge in [0, 0.05) is 20.2 Å². The van der Waals surface area contributed by atoms with Crippen LogP contribution < -0.4 is 5.32 Å². The van der Waals surface area contributed by atoms with Crippen LogP contribution in [0.25, 0.3) is 10.3 Å². The Balaban J connectivity index is 1.66. The van der Waals surface area contributed by atoms with Crippen LogP contribution >= 0.6 is 11.3 Å². The Morgan fingerprint density at radius 2 is 2.21 bits per heavy atom. The highest BCUT2D eigenvalue weighted by molar-refractivity contribution is 7.18. The third-order valence-corrected chi connectivity index (χ3v) is 5.99. The second-order valence-electron chi connectivity index (χ2n) is 7.10. The zero-order valence-corrected chi connectivity index (χ0v) is 17.3. The van der Waals surface area contributed by atoms with E-state index < -0.39 is 0 Å². The number of methoxy groups -OCH3 is 1. The van der Waals surface area contributed by atoms with Gasteiger partial charge < -0.3 is 15.0 Å². The summed E-state index contributed by atoms with van der Waals surface area (Å²) in [6.45, 7) is 4.93. The van der Waals surface area contributed by atoms with Crippen molar-refractivity contribution in [2.75, 3.05) is 25.5 Å². The number of fused-ring (bicyclic) bond motifs is 1. The number of anilines is 1. The van der Waals surface area contributed by atoms with E-state index in [0.29, 0.717) is 35.1 Å². The molecule has 152 valence electrons. The summed E-state index contributed by atoms with van der Waals surface area (Å²) in [6, 6.07) is 6.11. The van der Waals surface area contributed by atoms with Crippen LogP contribution in [0.3, 0.4) is 0 Å². The predicted molar refractivity (Wildman–Crippen MR) is 110 cm³/mol. The summed E-state index contributed by atoms with van der Waals surface area (Å²) in [7, 11) is 1.66. The third kappa shape index (κ3) is 4.06. The predicted octanol–water partition coefficient (Wildman–Crippen LogP) is 3.57. The van der Waals surface area contributed by atoms with Gasteiger partial charge in [-0.2, -0.15) is 4.98 Å². The lowest BCUT2D eigenvalue weighted by Gasteiger charge is -2.18. The van der Waals surface area contributed by atoms with Crippen molar-refractivity contribution in [3.05, 3.63) is 46.3 Å². The molecule has 1 amide bonds. The fourth-order valence-electron chi connectivity index (χ4n) is 3.45. The Bertz CT molecular complexity index is 1060. The van der Waals surface area contributed by atoms with Crippen LogP contribution in [0.4, 0.5) is 10.3 Å². The number of aromatic nitrogens is 3. The summed E-state index contributed by atoms with van der Waals surface area (Å²) in [5.41, 5.74) is 1.59. The molecule has 0 radical (unpaired) electrons. The van der Waals surface area contributed by atoms with Crippen LogP contribution in [0.1, 0.15) is 40.4 Å². The molecular formula is C20H22FN5O2S. The minimum Gasteiger partial charge on any atom is -0.380 e. The smallest absolute Gasteiger partial charge is 0.274 e. The lowest BCUT2D eigenvalue weighted by atomic mass is 10.1. The van der Waals surface area contributed by atoms with Crippen LogP contribution in [0.15, 0.2) is 24.3 Å². The number of nitrogens with zero attached hydrogens (tertiary/aromatic N) is 4. The highest BCUT2D eigenvalue weighted by Crippen LogP contribution is 2.28. The first kappa shape index (κ1) is 19.7. The molecule has 0 bridgehead atoms. The maximum atomic E-state index is 13.6. The second-order valence-corrected chi connectivity index (χ2v) is 8.30. The highest BCUT2D eigenvalue weighted by atomic mass is 32.1. The number of aryl methyl sites for hydroxylation is 1. The van der Waals surface area contributed by atoms with Gasteiger partial charge in [-0.15, -0.1) is 11.3 Å². The lowest BCUT2D eigenvalue weighted by Crippen LogP contribution is -2.31. The Hall–Kier alpha value is -2.65. The molecule has 2 atom stereocenters. The fourth-order valence-corrected chi connectivity index (χ4v) is 4.29. The molecule has 0 saturated carbocycles. The van der Waals surface area contributed by atoms with Crippen molar-refractivity contribution >= 4 is 33.5 Å². The molecule has 7 nitrogen and oxygen atoms in total. The van der Waals surface area contributed by atoms with Crippen molar-refractivity contribution in [2.24, 2.45) is 0 Å². The summed E-state index contributed by atoms with van der Waals surface area (Å²) >= 11 is 1.41. The summed E-state index contributed by atoms with van der Waals surface area (Å²) in [5.74, 6) is -0.160. The van der Waals surface area contributed by atoms with E-state index in [1.54, 1.807) is 18.1 Å². The van der Waals surface area contributed by atoms with Gasteiger partial charge in [0.05, 0.1) is 17.2 Å². The van der Waals surface area contributed by atoms with E-state index in [-0.39, 0.29) is 23.9 Å². The first-order valence-electron chi connectivity index (χ1n) is 9.44. The number of halogens is 1. The van der Waals surface area contributed by atoms with Gasteiger partial charge in [0.2, 0.25) is 5.95 Å². The molecule has 3 heterocycles. The maximum absolute atomic E-state index is 13.6. The van der Waals surface area contributed by atoms with Crippen LogP contribution in [-0.2, 0) is 4.74 Å². The molecule has 4 rings (SSSR count). The van der Waals surface area contributed by atoms with Gasteiger partial charge in [0.15, 0.2) is 11.3 Å².